The van der Waals surface area contributed by atoms with Gasteiger partial charge in [0.05, 0.1) is 0 Å². The number of anilines is 1. The van der Waals surface area contributed by atoms with Gasteiger partial charge in [0.2, 0.25) is 0 Å². The van der Waals surface area contributed by atoms with Gasteiger partial charge in [0.25, 0.3) is 0 Å². The SMILES string of the molecule is Cc1cc(NSc2cccc(-c3ccccc3)c2)no1. The van der Waals surface area contributed by atoms with E-state index < -0.39 is 0 Å². The van der Waals surface area contributed by atoms with Crippen molar-refractivity contribution in [1.82, 2.24) is 5.16 Å². The molecule has 3 rings (SSSR count). The van der Waals surface area contributed by atoms with Crippen LogP contribution in [0.5, 0.6) is 0 Å². The second-order valence-corrected chi connectivity index (χ2v) is 5.30. The van der Waals surface area contributed by atoms with Gasteiger partial charge in [-0.1, -0.05) is 47.6 Å². The molecule has 0 saturated heterocycles. The van der Waals surface area contributed by atoms with Crippen molar-refractivity contribution in [2.75, 3.05) is 4.72 Å². The van der Waals surface area contributed by atoms with Crippen LogP contribution < -0.4 is 4.72 Å². The number of nitrogens with zero attached hydrogens (tertiary/aromatic N) is 1. The van der Waals surface area contributed by atoms with Crippen LogP contribution in [0.2, 0.25) is 0 Å². The maximum absolute atomic E-state index is 5.02. The van der Waals surface area contributed by atoms with Crippen molar-refractivity contribution in [2.24, 2.45) is 0 Å². The summed E-state index contributed by atoms with van der Waals surface area (Å²) < 4.78 is 8.19. The van der Waals surface area contributed by atoms with Crippen molar-refractivity contribution < 1.29 is 4.52 Å². The molecule has 0 saturated carbocycles. The second-order valence-electron chi connectivity index (χ2n) is 4.42. The van der Waals surface area contributed by atoms with E-state index >= 15 is 0 Å². The highest BCUT2D eigenvalue weighted by Crippen LogP contribution is 2.26. The van der Waals surface area contributed by atoms with Gasteiger partial charge >= 0.3 is 0 Å². The molecule has 0 spiro atoms. The number of aryl methyl sites for hydroxylation is 1. The summed E-state index contributed by atoms with van der Waals surface area (Å²) >= 11 is 1.52. The fourth-order valence-corrected chi connectivity index (χ4v) is 2.55. The molecule has 0 atom stereocenters. The molecular formula is C16H14N2OS. The summed E-state index contributed by atoms with van der Waals surface area (Å²) in [5.41, 5.74) is 2.42. The fourth-order valence-electron chi connectivity index (χ4n) is 1.90. The third kappa shape index (κ3) is 3.03. The van der Waals surface area contributed by atoms with E-state index in [9.17, 15) is 0 Å². The first kappa shape index (κ1) is 12.8. The van der Waals surface area contributed by atoms with Crippen molar-refractivity contribution in [3.05, 3.63) is 66.4 Å². The summed E-state index contributed by atoms with van der Waals surface area (Å²) in [4.78, 5) is 1.13. The van der Waals surface area contributed by atoms with Crippen LogP contribution in [0.15, 0.2) is 70.1 Å². The maximum atomic E-state index is 5.02. The quantitative estimate of drug-likeness (QED) is 0.699. The van der Waals surface area contributed by atoms with Crippen LogP contribution in [-0.4, -0.2) is 5.16 Å². The van der Waals surface area contributed by atoms with Crippen molar-refractivity contribution in [3.8, 4) is 11.1 Å². The van der Waals surface area contributed by atoms with Crippen LogP contribution in [0.25, 0.3) is 11.1 Å². The minimum atomic E-state index is 0.734. The predicted molar refractivity (Wildman–Crippen MR) is 82.6 cm³/mol. The fraction of sp³-hybridized carbons (Fsp3) is 0.0625. The number of hydrogen-bond donors (Lipinski definition) is 1. The molecule has 0 bridgehead atoms. The molecule has 0 fully saturated rings. The average Bonchev–Trinajstić information content (AvgIpc) is 2.92. The predicted octanol–water partition coefficient (Wildman–Crippen LogP) is 4.77. The maximum Gasteiger partial charge on any atom is 0.179 e. The van der Waals surface area contributed by atoms with Gasteiger partial charge in [-0.3, -0.25) is 0 Å². The molecule has 0 amide bonds. The Labute approximate surface area is 122 Å². The Kier molecular flexibility index (Phi) is 3.74. The monoisotopic (exact) mass is 282 g/mol. The zero-order valence-corrected chi connectivity index (χ0v) is 11.9. The second kappa shape index (κ2) is 5.84. The van der Waals surface area contributed by atoms with E-state index in [1.807, 2.05) is 31.2 Å². The van der Waals surface area contributed by atoms with E-state index in [4.69, 9.17) is 4.52 Å². The molecule has 0 aliphatic rings. The number of nitrogens with one attached hydrogen (secondary N) is 1. The van der Waals surface area contributed by atoms with E-state index in [2.05, 4.69) is 46.3 Å². The lowest BCUT2D eigenvalue weighted by Crippen LogP contribution is -1.86. The normalized spacial score (nSPS) is 10.4. The molecule has 0 aliphatic heterocycles. The zero-order chi connectivity index (χ0) is 13.8. The van der Waals surface area contributed by atoms with E-state index in [0.717, 1.165) is 16.5 Å². The van der Waals surface area contributed by atoms with E-state index in [1.54, 1.807) is 0 Å². The van der Waals surface area contributed by atoms with Gasteiger partial charge in [0, 0.05) is 11.0 Å². The molecule has 2 aromatic carbocycles. The molecule has 1 heterocycles. The minimum Gasteiger partial charge on any atom is -0.360 e. The molecule has 100 valence electrons. The molecule has 20 heavy (non-hydrogen) atoms. The molecular weight excluding hydrogens is 268 g/mol. The zero-order valence-electron chi connectivity index (χ0n) is 11.0. The van der Waals surface area contributed by atoms with Gasteiger partial charge in [-0.15, -0.1) is 0 Å². The third-order valence-corrected chi connectivity index (χ3v) is 3.64. The van der Waals surface area contributed by atoms with Gasteiger partial charge in [0.1, 0.15) is 5.76 Å². The summed E-state index contributed by atoms with van der Waals surface area (Å²) in [5, 5.41) is 3.90. The summed E-state index contributed by atoms with van der Waals surface area (Å²) in [5.74, 6) is 1.53. The number of benzene rings is 2. The Morgan fingerprint density at radius 2 is 1.75 bits per heavy atom. The van der Waals surface area contributed by atoms with Crippen molar-refractivity contribution in [2.45, 2.75) is 11.8 Å². The first-order valence-electron chi connectivity index (χ1n) is 6.33. The lowest BCUT2D eigenvalue weighted by atomic mass is 10.1. The first-order valence-corrected chi connectivity index (χ1v) is 7.14. The Morgan fingerprint density at radius 1 is 0.950 bits per heavy atom. The molecule has 0 aliphatic carbocycles. The molecule has 4 heteroatoms. The lowest BCUT2D eigenvalue weighted by Gasteiger charge is -2.05. The summed E-state index contributed by atoms with van der Waals surface area (Å²) in [6.07, 6.45) is 0. The van der Waals surface area contributed by atoms with Crippen LogP contribution >= 0.6 is 11.9 Å². The van der Waals surface area contributed by atoms with Gasteiger partial charge < -0.3 is 9.25 Å². The van der Waals surface area contributed by atoms with Crippen molar-refractivity contribution >= 4 is 17.8 Å². The average molecular weight is 282 g/mol. The van der Waals surface area contributed by atoms with E-state index in [-0.39, 0.29) is 0 Å². The van der Waals surface area contributed by atoms with Gasteiger partial charge in [0.15, 0.2) is 5.82 Å². The highest BCUT2D eigenvalue weighted by atomic mass is 32.2. The molecule has 1 N–H and O–H groups in total. The smallest absolute Gasteiger partial charge is 0.179 e. The topological polar surface area (TPSA) is 38.1 Å². The Morgan fingerprint density at radius 3 is 2.50 bits per heavy atom. The number of rotatable bonds is 4. The summed E-state index contributed by atoms with van der Waals surface area (Å²) in [7, 11) is 0. The van der Waals surface area contributed by atoms with Crippen LogP contribution in [0.3, 0.4) is 0 Å². The highest BCUT2D eigenvalue weighted by Gasteiger charge is 2.02. The molecule has 0 radical (unpaired) electrons. The minimum absolute atomic E-state index is 0.734. The molecule has 3 aromatic rings. The van der Waals surface area contributed by atoms with Gasteiger partial charge in [-0.05, 0) is 42.1 Å². The third-order valence-electron chi connectivity index (χ3n) is 2.84. The van der Waals surface area contributed by atoms with Gasteiger partial charge in [-0.25, -0.2) is 0 Å². The Bertz CT molecular complexity index is 694. The largest absolute Gasteiger partial charge is 0.360 e. The number of hydrogen-bond acceptors (Lipinski definition) is 4. The van der Waals surface area contributed by atoms with Crippen LogP contribution in [0, 0.1) is 6.92 Å². The van der Waals surface area contributed by atoms with Gasteiger partial charge in [-0.2, -0.15) is 0 Å². The molecule has 0 unspecified atom stereocenters. The first-order chi connectivity index (χ1) is 9.81. The Balaban J connectivity index is 1.75. The van der Waals surface area contributed by atoms with Crippen molar-refractivity contribution in [1.29, 1.82) is 0 Å². The van der Waals surface area contributed by atoms with E-state index in [1.165, 1.54) is 23.1 Å². The lowest BCUT2D eigenvalue weighted by molar-refractivity contribution is 0.400. The Hall–Kier alpha value is -2.20. The summed E-state index contributed by atoms with van der Waals surface area (Å²) in [6.45, 7) is 1.87. The standard InChI is InChI=1S/C16H14N2OS/c1-12-10-16(17-19-12)18-20-15-9-5-8-14(11-15)13-6-3-2-4-7-13/h2-11H,1H3,(H,17,18). The van der Waals surface area contributed by atoms with Crippen LogP contribution in [0.4, 0.5) is 5.82 Å². The summed E-state index contributed by atoms with van der Waals surface area (Å²) in [6, 6.07) is 20.6. The van der Waals surface area contributed by atoms with E-state index in [0.29, 0.717) is 0 Å². The molecule has 3 nitrogen and oxygen atoms in total. The van der Waals surface area contributed by atoms with Crippen LogP contribution in [-0.2, 0) is 0 Å². The van der Waals surface area contributed by atoms with Crippen molar-refractivity contribution in [3.63, 3.8) is 0 Å². The number of aromatic nitrogens is 1. The molecule has 1 aromatic heterocycles. The van der Waals surface area contributed by atoms with Crippen LogP contribution in [0.1, 0.15) is 5.76 Å². The highest BCUT2D eigenvalue weighted by molar-refractivity contribution is 8.00.